The van der Waals surface area contributed by atoms with Gasteiger partial charge in [-0.25, -0.2) is 4.98 Å². The molecule has 11 heteroatoms. The van der Waals surface area contributed by atoms with Gasteiger partial charge < -0.3 is 9.80 Å². The predicted molar refractivity (Wildman–Crippen MR) is 177 cm³/mol. The van der Waals surface area contributed by atoms with Crippen molar-refractivity contribution in [2.45, 2.75) is 38.3 Å². The number of likely N-dealkylation sites (tertiary alicyclic amines) is 1. The lowest BCUT2D eigenvalue weighted by Gasteiger charge is -2.47. The third-order valence-corrected chi connectivity index (χ3v) is 9.65. The van der Waals surface area contributed by atoms with Gasteiger partial charge in [0.25, 0.3) is 11.8 Å². The molecule has 2 amide bonds. The van der Waals surface area contributed by atoms with E-state index in [1.54, 1.807) is 59.6 Å². The van der Waals surface area contributed by atoms with Crippen LogP contribution in [0.3, 0.4) is 0 Å². The fraction of sp³-hybridized carbons (Fsp3) is 0.394. The molecule has 2 saturated heterocycles. The topological polar surface area (TPSA) is 72.4 Å². The number of hydrogen-bond donors (Lipinski definition) is 0. The largest absolute Gasteiger partial charge is 0.353 e. The summed E-state index contributed by atoms with van der Waals surface area (Å²) in [5, 5.41) is 1.77. The first-order valence-electron chi connectivity index (χ1n) is 15.2. The van der Waals surface area contributed by atoms with Crippen LogP contribution >= 0.6 is 34.8 Å². The quantitative estimate of drug-likeness (QED) is 0.319. The number of amides is 2. The lowest BCUT2D eigenvalue weighted by Crippen LogP contribution is -2.58. The minimum absolute atomic E-state index is 0.0715. The third-order valence-electron chi connectivity index (χ3n) is 8.87. The minimum Gasteiger partial charge on any atom is -0.353 e. The standard InChI is InChI=1S/C33H35Cl3N6O2/c1-2-27-21-40(17-18-41(27)28-11-14-39(15-12-28)32(43)22-3-7-25(34)8-4-22)31-29(36)19-24(20-38-31)30-37-13-16-42(30)33(44)23-5-9-26(35)10-6-23/h3-10,19-20,27-28H,2,11-18,21H2,1H3/t27-/m0/s1. The SMILES string of the molecule is CC[C@H]1CN(c2ncc(C3=NCCN3C(=O)c3ccc(Cl)cc3)cc2Cl)CCN1C1CCN(C(=O)c2ccc(Cl)cc2)CC1. The molecule has 6 rings (SSSR count). The summed E-state index contributed by atoms with van der Waals surface area (Å²) < 4.78 is 0. The Kier molecular flexibility index (Phi) is 9.42. The number of amidine groups is 1. The number of carbonyl (C=O) groups is 2. The number of nitrogens with zero attached hydrogens (tertiary/aromatic N) is 6. The molecule has 1 atom stereocenters. The van der Waals surface area contributed by atoms with Crippen LogP contribution in [0, 0.1) is 0 Å². The average Bonchev–Trinajstić information content (AvgIpc) is 3.55. The molecular weight excluding hydrogens is 619 g/mol. The third kappa shape index (κ3) is 6.45. The van der Waals surface area contributed by atoms with Crippen molar-refractivity contribution in [2.24, 2.45) is 4.99 Å². The van der Waals surface area contributed by atoms with E-state index in [4.69, 9.17) is 39.8 Å². The van der Waals surface area contributed by atoms with E-state index >= 15 is 0 Å². The zero-order chi connectivity index (χ0) is 30.8. The van der Waals surface area contributed by atoms with E-state index in [1.165, 1.54) is 0 Å². The van der Waals surface area contributed by atoms with Gasteiger partial charge in [0.05, 0.1) is 11.6 Å². The van der Waals surface area contributed by atoms with Gasteiger partial charge in [0.15, 0.2) is 0 Å². The maximum atomic E-state index is 13.2. The molecule has 3 aliphatic rings. The minimum atomic E-state index is -0.125. The summed E-state index contributed by atoms with van der Waals surface area (Å²) in [6.07, 6.45) is 4.69. The number of piperidine rings is 1. The molecule has 2 fully saturated rings. The summed E-state index contributed by atoms with van der Waals surface area (Å²) in [7, 11) is 0. The van der Waals surface area contributed by atoms with E-state index in [-0.39, 0.29) is 11.8 Å². The number of hydrogen-bond acceptors (Lipinski definition) is 6. The molecule has 0 aliphatic carbocycles. The fourth-order valence-electron chi connectivity index (χ4n) is 6.51. The van der Waals surface area contributed by atoms with Gasteiger partial charge in [-0.2, -0.15) is 0 Å². The monoisotopic (exact) mass is 652 g/mol. The number of halogens is 3. The maximum absolute atomic E-state index is 13.2. The van der Waals surface area contributed by atoms with Crippen LogP contribution in [0.25, 0.3) is 0 Å². The van der Waals surface area contributed by atoms with Crippen LogP contribution in [0.15, 0.2) is 65.8 Å². The van der Waals surface area contributed by atoms with Crippen molar-refractivity contribution in [3.8, 4) is 0 Å². The van der Waals surface area contributed by atoms with Crippen LogP contribution in [0.4, 0.5) is 5.82 Å². The number of carbonyl (C=O) groups excluding carboxylic acids is 2. The Morgan fingerprint density at radius 3 is 2.09 bits per heavy atom. The highest BCUT2D eigenvalue weighted by Crippen LogP contribution is 2.31. The fourth-order valence-corrected chi connectivity index (χ4v) is 7.05. The highest BCUT2D eigenvalue weighted by molar-refractivity contribution is 6.33. The number of aliphatic imine (C=N–C) groups is 1. The van der Waals surface area contributed by atoms with Crippen molar-refractivity contribution in [3.05, 3.63) is 92.6 Å². The maximum Gasteiger partial charge on any atom is 0.259 e. The first-order chi connectivity index (χ1) is 21.3. The summed E-state index contributed by atoms with van der Waals surface area (Å²) in [4.78, 5) is 44.1. The molecule has 1 aromatic heterocycles. The van der Waals surface area contributed by atoms with Gasteiger partial charge in [-0.05, 0) is 73.9 Å². The number of anilines is 1. The Morgan fingerprint density at radius 1 is 0.841 bits per heavy atom. The van der Waals surface area contributed by atoms with Crippen molar-refractivity contribution >= 4 is 58.3 Å². The normalized spacial score (nSPS) is 19.8. The molecule has 0 spiro atoms. The van der Waals surface area contributed by atoms with Crippen molar-refractivity contribution in [3.63, 3.8) is 0 Å². The Bertz CT molecular complexity index is 1540. The van der Waals surface area contributed by atoms with Gasteiger partial charge in [0.2, 0.25) is 0 Å². The number of rotatable bonds is 6. The van der Waals surface area contributed by atoms with E-state index in [0.717, 1.165) is 63.4 Å². The van der Waals surface area contributed by atoms with Crippen molar-refractivity contribution in [1.82, 2.24) is 19.7 Å². The van der Waals surface area contributed by atoms with Gasteiger partial charge in [-0.3, -0.25) is 24.4 Å². The molecule has 8 nitrogen and oxygen atoms in total. The van der Waals surface area contributed by atoms with Gasteiger partial charge in [0, 0.05) is 84.3 Å². The van der Waals surface area contributed by atoms with E-state index in [9.17, 15) is 9.59 Å². The van der Waals surface area contributed by atoms with Gasteiger partial charge in [0.1, 0.15) is 11.7 Å². The number of pyridine rings is 1. The molecular formula is C33H35Cl3N6O2. The van der Waals surface area contributed by atoms with E-state index in [1.807, 2.05) is 11.0 Å². The number of benzene rings is 2. The second-order valence-corrected chi connectivity index (χ2v) is 12.8. The average molecular weight is 654 g/mol. The van der Waals surface area contributed by atoms with E-state index < -0.39 is 0 Å². The molecule has 0 radical (unpaired) electrons. The van der Waals surface area contributed by atoms with Crippen LogP contribution in [0.2, 0.25) is 15.1 Å². The molecule has 2 aromatic carbocycles. The molecule has 4 heterocycles. The van der Waals surface area contributed by atoms with Crippen LogP contribution in [-0.4, -0.2) is 95.2 Å². The first-order valence-corrected chi connectivity index (χ1v) is 16.3. The van der Waals surface area contributed by atoms with Crippen LogP contribution in [0.5, 0.6) is 0 Å². The van der Waals surface area contributed by atoms with Crippen molar-refractivity contribution in [1.29, 1.82) is 0 Å². The second kappa shape index (κ2) is 13.4. The molecule has 0 saturated carbocycles. The van der Waals surface area contributed by atoms with Crippen LogP contribution in [0.1, 0.15) is 52.5 Å². The summed E-state index contributed by atoms with van der Waals surface area (Å²) >= 11 is 18.9. The first kappa shape index (κ1) is 30.8. The predicted octanol–water partition coefficient (Wildman–Crippen LogP) is 6.15. The van der Waals surface area contributed by atoms with E-state index in [0.29, 0.717) is 57.2 Å². The second-order valence-electron chi connectivity index (χ2n) is 11.5. The van der Waals surface area contributed by atoms with Crippen molar-refractivity contribution in [2.75, 3.05) is 50.7 Å². The lowest BCUT2D eigenvalue weighted by molar-refractivity contribution is 0.0490. The Morgan fingerprint density at radius 2 is 1.48 bits per heavy atom. The summed E-state index contributed by atoms with van der Waals surface area (Å²) in [5.41, 5.74) is 1.97. The lowest BCUT2D eigenvalue weighted by atomic mass is 9.97. The van der Waals surface area contributed by atoms with Crippen LogP contribution in [-0.2, 0) is 0 Å². The summed E-state index contributed by atoms with van der Waals surface area (Å²) in [6, 6.07) is 16.7. The number of piperazine rings is 1. The van der Waals surface area contributed by atoms with Gasteiger partial charge in [-0.15, -0.1) is 0 Å². The Labute approximate surface area is 273 Å². The molecule has 0 bridgehead atoms. The summed E-state index contributed by atoms with van der Waals surface area (Å²) in [5.74, 6) is 1.29. The van der Waals surface area contributed by atoms with Crippen LogP contribution < -0.4 is 4.90 Å². The van der Waals surface area contributed by atoms with Gasteiger partial charge in [-0.1, -0.05) is 41.7 Å². The Balaban J connectivity index is 1.08. The van der Waals surface area contributed by atoms with Crippen molar-refractivity contribution < 1.29 is 9.59 Å². The smallest absolute Gasteiger partial charge is 0.259 e. The summed E-state index contributed by atoms with van der Waals surface area (Å²) in [6.45, 7) is 7.31. The highest BCUT2D eigenvalue weighted by atomic mass is 35.5. The molecule has 0 unspecified atom stereocenters. The zero-order valence-electron chi connectivity index (χ0n) is 24.6. The number of aromatic nitrogens is 1. The molecule has 3 aromatic rings. The van der Waals surface area contributed by atoms with E-state index in [2.05, 4.69) is 21.7 Å². The highest BCUT2D eigenvalue weighted by Gasteiger charge is 2.35. The molecule has 0 N–H and O–H groups in total. The molecule has 3 aliphatic heterocycles. The molecule has 230 valence electrons. The molecule has 44 heavy (non-hydrogen) atoms. The van der Waals surface area contributed by atoms with Gasteiger partial charge >= 0.3 is 0 Å². The zero-order valence-corrected chi connectivity index (χ0v) is 26.9. The Hall–Kier alpha value is -3.17.